The van der Waals surface area contributed by atoms with E-state index < -0.39 is 0 Å². The normalized spacial score (nSPS) is 12.2. The first-order chi connectivity index (χ1) is 17.0. The third-order valence-corrected chi connectivity index (χ3v) is 6.21. The number of rotatable bonds is 11. The van der Waals surface area contributed by atoms with E-state index >= 15 is 0 Å². The van der Waals surface area contributed by atoms with Gasteiger partial charge in [0, 0.05) is 43.3 Å². The summed E-state index contributed by atoms with van der Waals surface area (Å²) in [4.78, 5) is 32.2. The molecular weight excluding hydrogens is 442 g/mol. The fourth-order valence-corrected chi connectivity index (χ4v) is 4.09. The van der Waals surface area contributed by atoms with Gasteiger partial charge in [0.25, 0.3) is 5.56 Å². The zero-order valence-corrected chi connectivity index (χ0v) is 20.2. The quantitative estimate of drug-likeness (QED) is 0.359. The van der Waals surface area contributed by atoms with Crippen LogP contribution in [0, 0.1) is 0 Å². The maximum Gasteiger partial charge on any atom is 0.275 e. The summed E-state index contributed by atoms with van der Waals surface area (Å²) in [7, 11) is 0. The minimum atomic E-state index is -0.273. The van der Waals surface area contributed by atoms with Crippen molar-refractivity contribution >= 4 is 16.7 Å². The first kappa shape index (κ1) is 24.3. The number of carbonyl (C=O) groups is 1. The molecule has 0 saturated heterocycles. The highest BCUT2D eigenvalue weighted by atomic mass is 16.3. The number of fused-ring (bicyclic) bond motifs is 1. The van der Waals surface area contributed by atoms with Gasteiger partial charge in [0.1, 0.15) is 12.3 Å². The second-order valence-corrected chi connectivity index (χ2v) is 8.65. The van der Waals surface area contributed by atoms with Crippen LogP contribution in [0.3, 0.4) is 0 Å². The van der Waals surface area contributed by atoms with Gasteiger partial charge in [-0.05, 0) is 43.2 Å². The summed E-state index contributed by atoms with van der Waals surface area (Å²) >= 11 is 0. The molecule has 8 nitrogen and oxygen atoms in total. The van der Waals surface area contributed by atoms with Crippen LogP contribution in [0.25, 0.3) is 10.8 Å². The number of benzene rings is 1. The van der Waals surface area contributed by atoms with Crippen molar-refractivity contribution in [1.82, 2.24) is 25.0 Å². The lowest BCUT2D eigenvalue weighted by molar-refractivity contribution is -0.122. The lowest BCUT2D eigenvalue weighted by Crippen LogP contribution is -2.41. The van der Waals surface area contributed by atoms with Crippen LogP contribution in [0.1, 0.15) is 37.3 Å². The molecule has 4 rings (SSSR count). The summed E-state index contributed by atoms with van der Waals surface area (Å²) < 4.78 is 6.75. The van der Waals surface area contributed by atoms with Gasteiger partial charge in [-0.25, -0.2) is 4.68 Å². The molecule has 1 aromatic carbocycles. The molecule has 0 radical (unpaired) electrons. The van der Waals surface area contributed by atoms with E-state index in [2.05, 4.69) is 34.1 Å². The Balaban J connectivity index is 1.45. The number of amides is 1. The van der Waals surface area contributed by atoms with Crippen molar-refractivity contribution in [3.8, 4) is 0 Å². The van der Waals surface area contributed by atoms with E-state index in [1.807, 2.05) is 42.5 Å². The summed E-state index contributed by atoms with van der Waals surface area (Å²) in [6.45, 7) is 5.99. The smallest absolute Gasteiger partial charge is 0.275 e. The van der Waals surface area contributed by atoms with Crippen molar-refractivity contribution in [2.45, 2.75) is 45.8 Å². The van der Waals surface area contributed by atoms with Gasteiger partial charge in [-0.1, -0.05) is 31.2 Å². The third kappa shape index (κ3) is 6.22. The van der Waals surface area contributed by atoms with E-state index in [-0.39, 0.29) is 18.0 Å². The van der Waals surface area contributed by atoms with E-state index in [1.165, 1.54) is 4.68 Å². The molecule has 182 valence electrons. The van der Waals surface area contributed by atoms with Gasteiger partial charge >= 0.3 is 0 Å². The van der Waals surface area contributed by atoms with Crippen molar-refractivity contribution in [3.05, 3.63) is 94.6 Å². The summed E-state index contributed by atoms with van der Waals surface area (Å²) in [6.07, 6.45) is 6.68. The second-order valence-electron chi connectivity index (χ2n) is 8.65. The minimum Gasteiger partial charge on any atom is -0.468 e. The second kappa shape index (κ2) is 11.6. The average molecular weight is 474 g/mol. The molecule has 4 aromatic rings. The monoisotopic (exact) mass is 473 g/mol. The van der Waals surface area contributed by atoms with Gasteiger partial charge in [0.15, 0.2) is 0 Å². The minimum absolute atomic E-state index is 0.134. The topological polar surface area (TPSA) is 93.3 Å². The van der Waals surface area contributed by atoms with E-state index in [0.29, 0.717) is 37.5 Å². The van der Waals surface area contributed by atoms with Crippen molar-refractivity contribution in [2.75, 3.05) is 13.1 Å². The number of hydrogen-bond acceptors (Lipinski definition) is 6. The number of nitrogens with zero attached hydrogens (tertiary/aromatic N) is 4. The lowest BCUT2D eigenvalue weighted by Gasteiger charge is -2.27. The molecule has 0 aliphatic carbocycles. The number of furan rings is 1. The largest absolute Gasteiger partial charge is 0.468 e. The van der Waals surface area contributed by atoms with Gasteiger partial charge < -0.3 is 9.73 Å². The SMILES string of the molecule is CCC(C)N(CCNC(=O)Cn1nc(Cc2cccnc2)c2ccccc2c1=O)Cc1ccco1. The molecule has 1 atom stereocenters. The number of carbonyl (C=O) groups excluding carboxylic acids is 1. The van der Waals surface area contributed by atoms with E-state index in [1.54, 1.807) is 24.7 Å². The Morgan fingerprint density at radius 3 is 2.69 bits per heavy atom. The summed E-state index contributed by atoms with van der Waals surface area (Å²) in [5.74, 6) is 0.647. The fraction of sp³-hybridized carbons (Fsp3) is 0.333. The van der Waals surface area contributed by atoms with Crippen LogP contribution >= 0.6 is 0 Å². The molecule has 1 amide bonds. The van der Waals surface area contributed by atoms with Crippen LogP contribution in [0.5, 0.6) is 0 Å². The predicted octanol–water partition coefficient (Wildman–Crippen LogP) is 3.39. The molecule has 0 fully saturated rings. The van der Waals surface area contributed by atoms with Gasteiger partial charge in [-0.3, -0.25) is 19.5 Å². The lowest BCUT2D eigenvalue weighted by atomic mass is 10.1. The molecule has 0 bridgehead atoms. The Kier molecular flexibility index (Phi) is 8.05. The Morgan fingerprint density at radius 1 is 1.14 bits per heavy atom. The first-order valence-electron chi connectivity index (χ1n) is 12.0. The van der Waals surface area contributed by atoms with Gasteiger partial charge in [0.2, 0.25) is 5.91 Å². The number of pyridine rings is 1. The maximum absolute atomic E-state index is 13.0. The molecular formula is C27H31N5O3. The molecule has 1 N–H and O–H groups in total. The fourth-order valence-electron chi connectivity index (χ4n) is 4.09. The molecule has 1 unspecified atom stereocenters. The standard InChI is InChI=1S/C27H31N5O3/c1-3-20(2)31(18-22-9-7-15-35-22)14-13-29-26(33)19-32-27(34)24-11-5-4-10-23(24)25(30-32)16-21-8-6-12-28-17-21/h4-12,15,17,20H,3,13-14,16,18-19H2,1-2H3,(H,29,33). The number of hydrogen-bond donors (Lipinski definition) is 1. The summed E-state index contributed by atoms with van der Waals surface area (Å²) in [5.41, 5.74) is 1.45. The molecule has 8 heteroatoms. The zero-order chi connectivity index (χ0) is 24.6. The highest BCUT2D eigenvalue weighted by Gasteiger charge is 2.16. The van der Waals surface area contributed by atoms with Gasteiger partial charge in [-0.15, -0.1) is 0 Å². The zero-order valence-electron chi connectivity index (χ0n) is 20.2. The van der Waals surface area contributed by atoms with Crippen LogP contribution in [-0.4, -0.2) is 44.7 Å². The Bertz CT molecular complexity index is 1300. The van der Waals surface area contributed by atoms with Crippen molar-refractivity contribution in [2.24, 2.45) is 0 Å². The summed E-state index contributed by atoms with van der Waals surface area (Å²) in [5, 5.41) is 8.85. The predicted molar refractivity (Wildman–Crippen MR) is 135 cm³/mol. The Labute approximate surface area is 204 Å². The van der Waals surface area contributed by atoms with Crippen molar-refractivity contribution in [3.63, 3.8) is 0 Å². The van der Waals surface area contributed by atoms with E-state index in [4.69, 9.17) is 4.42 Å². The van der Waals surface area contributed by atoms with Crippen LogP contribution < -0.4 is 10.9 Å². The maximum atomic E-state index is 13.0. The molecule has 3 heterocycles. The highest BCUT2D eigenvalue weighted by Crippen LogP contribution is 2.16. The van der Waals surface area contributed by atoms with Gasteiger partial charge in [0.05, 0.1) is 23.9 Å². The summed E-state index contributed by atoms with van der Waals surface area (Å²) in [6, 6.07) is 15.4. The molecule has 0 aliphatic rings. The van der Waals surface area contributed by atoms with E-state index in [9.17, 15) is 9.59 Å². The molecule has 35 heavy (non-hydrogen) atoms. The molecule has 0 aliphatic heterocycles. The van der Waals surface area contributed by atoms with Crippen LogP contribution in [0.2, 0.25) is 0 Å². The average Bonchev–Trinajstić information content (AvgIpc) is 3.39. The third-order valence-electron chi connectivity index (χ3n) is 6.21. The van der Waals surface area contributed by atoms with Crippen LogP contribution in [0.15, 0.2) is 76.4 Å². The Morgan fingerprint density at radius 2 is 1.97 bits per heavy atom. The van der Waals surface area contributed by atoms with Crippen molar-refractivity contribution < 1.29 is 9.21 Å². The molecule has 0 saturated carbocycles. The molecule has 3 aromatic heterocycles. The first-order valence-corrected chi connectivity index (χ1v) is 12.0. The van der Waals surface area contributed by atoms with Crippen LogP contribution in [-0.2, 0) is 24.3 Å². The van der Waals surface area contributed by atoms with Crippen LogP contribution in [0.4, 0.5) is 0 Å². The van der Waals surface area contributed by atoms with Crippen molar-refractivity contribution in [1.29, 1.82) is 0 Å². The van der Waals surface area contributed by atoms with Gasteiger partial charge in [-0.2, -0.15) is 5.10 Å². The molecule has 0 spiro atoms. The number of aromatic nitrogens is 3. The Hall–Kier alpha value is -3.78. The highest BCUT2D eigenvalue weighted by molar-refractivity contribution is 5.84. The van der Waals surface area contributed by atoms with E-state index in [0.717, 1.165) is 28.8 Å². The number of nitrogens with one attached hydrogen (secondary N) is 1.